The largest absolute Gasteiger partial charge is 0.491 e. The fraction of sp³-hybridized carbons (Fsp3) is 0.478. The molecule has 1 aromatic carbocycles. The van der Waals surface area contributed by atoms with Gasteiger partial charge in [0.15, 0.2) is 0 Å². The third kappa shape index (κ3) is 4.25. The van der Waals surface area contributed by atoms with Crippen LogP contribution in [0.2, 0.25) is 0 Å². The molecule has 0 aliphatic carbocycles. The molecule has 0 radical (unpaired) electrons. The number of fused-ring (bicyclic) bond motifs is 2. The third-order valence-electron chi connectivity index (χ3n) is 5.97. The maximum Gasteiger partial charge on any atom is 0.252 e. The van der Waals surface area contributed by atoms with E-state index in [1.54, 1.807) is 4.52 Å². The van der Waals surface area contributed by atoms with Crippen LogP contribution in [-0.2, 0) is 17.8 Å². The summed E-state index contributed by atoms with van der Waals surface area (Å²) < 4.78 is 7.57. The van der Waals surface area contributed by atoms with Crippen molar-refractivity contribution >= 4 is 11.7 Å². The maximum absolute atomic E-state index is 13.1. The van der Waals surface area contributed by atoms with Crippen molar-refractivity contribution in [3.8, 4) is 5.75 Å². The molecule has 1 atom stereocenters. The van der Waals surface area contributed by atoms with Crippen molar-refractivity contribution in [3.63, 3.8) is 0 Å². The molecule has 2 aromatic heterocycles. The van der Waals surface area contributed by atoms with Gasteiger partial charge in [-0.05, 0) is 49.4 Å². The number of aryl methyl sites for hydroxylation is 2. The Morgan fingerprint density at radius 1 is 1.29 bits per heavy atom. The van der Waals surface area contributed by atoms with E-state index in [2.05, 4.69) is 15.1 Å². The highest BCUT2D eigenvalue weighted by molar-refractivity contribution is 5.76. The minimum atomic E-state index is -0.539. The average molecular weight is 424 g/mol. The van der Waals surface area contributed by atoms with Gasteiger partial charge in [0.25, 0.3) is 5.78 Å². The molecule has 164 valence electrons. The first-order chi connectivity index (χ1) is 14.8. The van der Waals surface area contributed by atoms with Crippen molar-refractivity contribution in [1.29, 1.82) is 0 Å². The predicted molar refractivity (Wildman–Crippen MR) is 116 cm³/mol. The summed E-state index contributed by atoms with van der Waals surface area (Å²) in [6, 6.07) is 5.76. The van der Waals surface area contributed by atoms with E-state index >= 15 is 0 Å². The molecule has 8 heteroatoms. The summed E-state index contributed by atoms with van der Waals surface area (Å²) in [5.41, 5.74) is 4.65. The zero-order valence-electron chi connectivity index (χ0n) is 18.5. The normalized spacial score (nSPS) is 15.0. The number of hydrogen-bond donors (Lipinski definition) is 1. The molecule has 0 bridgehead atoms. The number of aliphatic hydroxyl groups excluding tert-OH is 1. The average Bonchev–Trinajstić information content (AvgIpc) is 3.10. The molecule has 0 spiro atoms. The number of hydrogen-bond acceptors (Lipinski definition) is 6. The number of rotatable bonds is 5. The zero-order chi connectivity index (χ0) is 22.1. The summed E-state index contributed by atoms with van der Waals surface area (Å²) in [5, 5.41) is 14.6. The van der Waals surface area contributed by atoms with Gasteiger partial charge in [0.1, 0.15) is 18.7 Å². The van der Waals surface area contributed by atoms with Gasteiger partial charge in [0.05, 0.1) is 12.6 Å². The highest BCUT2D eigenvalue weighted by Gasteiger charge is 2.22. The second kappa shape index (κ2) is 8.63. The fourth-order valence-electron chi connectivity index (χ4n) is 4.10. The van der Waals surface area contributed by atoms with Gasteiger partial charge in [0.2, 0.25) is 5.91 Å². The Labute approximate surface area is 181 Å². The Morgan fingerprint density at radius 3 is 2.87 bits per heavy atom. The van der Waals surface area contributed by atoms with Crippen LogP contribution in [0.1, 0.15) is 54.5 Å². The quantitative estimate of drug-likeness (QED) is 0.678. The number of nitrogens with zero attached hydrogens (tertiary/aromatic N) is 5. The molecule has 8 nitrogen and oxygen atoms in total. The predicted octanol–water partition coefficient (Wildman–Crippen LogP) is 2.78. The first-order valence-electron chi connectivity index (χ1n) is 10.7. The van der Waals surface area contributed by atoms with E-state index in [1.807, 2.05) is 50.8 Å². The number of aromatic nitrogens is 4. The maximum atomic E-state index is 13.1. The molecule has 0 saturated heterocycles. The summed E-state index contributed by atoms with van der Waals surface area (Å²) in [4.78, 5) is 23.5. The van der Waals surface area contributed by atoms with Gasteiger partial charge < -0.3 is 14.7 Å². The Morgan fingerprint density at radius 2 is 2.10 bits per heavy atom. The molecule has 1 aliphatic rings. The lowest BCUT2D eigenvalue weighted by Crippen LogP contribution is -2.32. The standard InChI is InChI=1S/C23H29N5O3/c1-14(2)22(30)17-5-7-20-18(11-17)12-27(9-10-31-20)21(29)8-6-19-15(3)26-23-24-13-25-28(23)16(19)4/h5,7,11,13-14,22,30H,6,8-10,12H2,1-4H3. The monoisotopic (exact) mass is 423 g/mol. The van der Waals surface area contributed by atoms with E-state index in [-0.39, 0.29) is 11.8 Å². The van der Waals surface area contributed by atoms with Crippen molar-refractivity contribution in [1.82, 2.24) is 24.5 Å². The Kier molecular flexibility index (Phi) is 5.91. The number of carbonyl (C=O) groups is 1. The molecule has 1 N–H and O–H groups in total. The van der Waals surface area contributed by atoms with Crippen molar-refractivity contribution in [3.05, 3.63) is 52.6 Å². The van der Waals surface area contributed by atoms with E-state index in [1.165, 1.54) is 6.33 Å². The van der Waals surface area contributed by atoms with Gasteiger partial charge in [-0.15, -0.1) is 0 Å². The van der Waals surface area contributed by atoms with Crippen molar-refractivity contribution in [2.45, 2.75) is 53.2 Å². The lowest BCUT2D eigenvalue weighted by molar-refractivity contribution is -0.131. The van der Waals surface area contributed by atoms with E-state index in [0.717, 1.165) is 33.8 Å². The van der Waals surface area contributed by atoms with Gasteiger partial charge in [-0.3, -0.25) is 4.79 Å². The summed E-state index contributed by atoms with van der Waals surface area (Å²) in [6.07, 6.45) is 1.92. The van der Waals surface area contributed by atoms with Crippen molar-refractivity contribution in [2.24, 2.45) is 5.92 Å². The minimum Gasteiger partial charge on any atom is -0.491 e. The molecule has 3 heterocycles. The lowest BCUT2D eigenvalue weighted by Gasteiger charge is -2.21. The molecule has 3 aromatic rings. The third-order valence-corrected chi connectivity index (χ3v) is 5.97. The molecular weight excluding hydrogens is 394 g/mol. The summed E-state index contributed by atoms with van der Waals surface area (Å²) in [5.74, 6) is 1.54. The number of amides is 1. The van der Waals surface area contributed by atoms with E-state index in [4.69, 9.17) is 4.74 Å². The number of carbonyl (C=O) groups excluding carboxylic acids is 1. The van der Waals surface area contributed by atoms with Crippen molar-refractivity contribution < 1.29 is 14.6 Å². The van der Waals surface area contributed by atoms with Gasteiger partial charge in [-0.25, -0.2) is 9.50 Å². The van der Waals surface area contributed by atoms with Gasteiger partial charge in [-0.1, -0.05) is 19.9 Å². The Hall–Kier alpha value is -3.00. The van der Waals surface area contributed by atoms with Gasteiger partial charge >= 0.3 is 0 Å². The van der Waals surface area contributed by atoms with Crippen LogP contribution in [0.15, 0.2) is 24.5 Å². The second-order valence-corrected chi connectivity index (χ2v) is 8.45. The lowest BCUT2D eigenvalue weighted by atomic mass is 9.97. The molecule has 4 rings (SSSR count). The van der Waals surface area contributed by atoms with Crippen LogP contribution < -0.4 is 4.74 Å². The van der Waals surface area contributed by atoms with Crippen LogP contribution in [0, 0.1) is 19.8 Å². The summed E-state index contributed by atoms with van der Waals surface area (Å²) in [6.45, 7) is 9.36. The topological polar surface area (TPSA) is 92.9 Å². The first-order valence-corrected chi connectivity index (χ1v) is 10.7. The van der Waals surface area contributed by atoms with E-state index < -0.39 is 6.10 Å². The van der Waals surface area contributed by atoms with Crippen LogP contribution >= 0.6 is 0 Å². The van der Waals surface area contributed by atoms with Crippen molar-refractivity contribution in [2.75, 3.05) is 13.2 Å². The van der Waals surface area contributed by atoms with Gasteiger partial charge in [0, 0.05) is 29.9 Å². The zero-order valence-corrected chi connectivity index (χ0v) is 18.5. The molecular formula is C23H29N5O3. The van der Waals surface area contributed by atoms with Crippen LogP contribution in [-0.4, -0.2) is 48.6 Å². The van der Waals surface area contributed by atoms with E-state index in [9.17, 15) is 9.90 Å². The number of ether oxygens (including phenoxy) is 1. The highest BCUT2D eigenvalue weighted by atomic mass is 16.5. The van der Waals surface area contributed by atoms with Crippen LogP contribution in [0.3, 0.4) is 0 Å². The molecule has 0 saturated carbocycles. The Bertz CT molecular complexity index is 1110. The van der Waals surface area contributed by atoms with Crippen LogP contribution in [0.25, 0.3) is 5.78 Å². The minimum absolute atomic E-state index is 0.0729. The first kappa shape index (κ1) is 21.2. The Balaban J connectivity index is 1.49. The van der Waals surface area contributed by atoms with E-state index in [0.29, 0.717) is 38.3 Å². The molecule has 0 fully saturated rings. The number of aliphatic hydroxyl groups is 1. The molecule has 1 aliphatic heterocycles. The van der Waals surface area contributed by atoms with Gasteiger partial charge in [-0.2, -0.15) is 10.1 Å². The molecule has 31 heavy (non-hydrogen) atoms. The summed E-state index contributed by atoms with van der Waals surface area (Å²) >= 11 is 0. The summed E-state index contributed by atoms with van der Waals surface area (Å²) in [7, 11) is 0. The molecule has 1 amide bonds. The smallest absolute Gasteiger partial charge is 0.252 e. The second-order valence-electron chi connectivity index (χ2n) is 8.45. The fourth-order valence-corrected chi connectivity index (χ4v) is 4.10. The SMILES string of the molecule is Cc1nc2ncnn2c(C)c1CCC(=O)N1CCOc2ccc(C(O)C(C)C)cc2C1. The molecule has 1 unspecified atom stereocenters. The highest BCUT2D eigenvalue weighted by Crippen LogP contribution is 2.29. The number of benzene rings is 1. The van der Waals surface area contributed by atoms with Crippen LogP contribution in [0.5, 0.6) is 5.75 Å². The van der Waals surface area contributed by atoms with Crippen LogP contribution in [0.4, 0.5) is 0 Å².